The van der Waals surface area contributed by atoms with Gasteiger partial charge < -0.3 is 9.80 Å². The zero-order chi connectivity index (χ0) is 26.5. The van der Waals surface area contributed by atoms with Crippen LogP contribution in [0.15, 0.2) is 23.4 Å². The number of fused-ring (bicyclic) bond motifs is 1. The summed E-state index contributed by atoms with van der Waals surface area (Å²) in [7, 11) is -4.11. The Labute approximate surface area is 215 Å². The minimum atomic E-state index is -4.11. The van der Waals surface area contributed by atoms with Gasteiger partial charge in [0.05, 0.1) is 23.5 Å². The topological polar surface area (TPSA) is 137 Å². The van der Waals surface area contributed by atoms with E-state index in [1.54, 1.807) is 4.90 Å². The third-order valence-electron chi connectivity index (χ3n) is 6.44. The fourth-order valence-electron chi connectivity index (χ4n) is 4.24. The number of pyridine rings is 1. The molecule has 3 aromatic heterocycles. The molecule has 11 nitrogen and oxygen atoms in total. The highest BCUT2D eigenvalue weighted by atomic mass is 32.2. The molecule has 4 heterocycles. The first-order valence-corrected chi connectivity index (χ1v) is 14.0. The highest BCUT2D eigenvalue weighted by Crippen LogP contribution is 2.37. The number of carbonyl (C=O) groups is 1. The van der Waals surface area contributed by atoms with Gasteiger partial charge in [-0.3, -0.25) is 9.20 Å². The SMILES string of the molecule is CC(C)C(=O)N1CCN(c2cc(S(=O)(=O)NC3(C#N)CC3)cn3c(-c4nnc(C(F)F)s4)ncc23)CC1. The second kappa shape index (κ2) is 9.26. The molecule has 0 atom stereocenters. The third-order valence-corrected chi connectivity index (χ3v) is 8.87. The molecule has 1 saturated heterocycles. The number of sulfonamides is 1. The molecule has 5 rings (SSSR count). The largest absolute Gasteiger partial charge is 0.366 e. The summed E-state index contributed by atoms with van der Waals surface area (Å²) < 4.78 is 56.9. The number of nitrogens with zero attached hydrogens (tertiary/aromatic N) is 7. The van der Waals surface area contributed by atoms with Crippen LogP contribution in [0.25, 0.3) is 16.3 Å². The van der Waals surface area contributed by atoms with Crippen LogP contribution in [0.5, 0.6) is 0 Å². The fraction of sp³-hybridized carbons (Fsp3) is 0.500. The van der Waals surface area contributed by atoms with Gasteiger partial charge in [0.2, 0.25) is 15.9 Å². The molecule has 0 radical (unpaired) electrons. The smallest absolute Gasteiger partial charge is 0.291 e. The summed E-state index contributed by atoms with van der Waals surface area (Å²) in [6, 6.07) is 3.53. The lowest BCUT2D eigenvalue weighted by Crippen LogP contribution is -2.50. The molecule has 1 aliphatic heterocycles. The first-order chi connectivity index (χ1) is 17.5. The summed E-state index contributed by atoms with van der Waals surface area (Å²) in [5.41, 5.74) is -0.0218. The van der Waals surface area contributed by atoms with E-state index in [2.05, 4.69) is 19.9 Å². The lowest BCUT2D eigenvalue weighted by atomic mass is 10.1. The average Bonchev–Trinajstić information content (AvgIpc) is 3.26. The van der Waals surface area contributed by atoms with Crippen molar-refractivity contribution in [2.45, 2.75) is 43.5 Å². The maximum absolute atomic E-state index is 13.3. The average molecular weight is 551 g/mol. The number of aromatic nitrogens is 4. The van der Waals surface area contributed by atoms with Crippen LogP contribution in [0.1, 0.15) is 38.1 Å². The molecule has 196 valence electrons. The highest BCUT2D eigenvalue weighted by molar-refractivity contribution is 7.89. The number of hydrogen-bond acceptors (Lipinski definition) is 9. The predicted molar refractivity (Wildman–Crippen MR) is 131 cm³/mol. The van der Waals surface area contributed by atoms with Crippen LogP contribution in [-0.2, 0) is 14.8 Å². The number of rotatable bonds is 7. The van der Waals surface area contributed by atoms with Crippen LogP contribution in [0.2, 0.25) is 0 Å². The minimum absolute atomic E-state index is 0.0503. The van der Waals surface area contributed by atoms with Crippen LogP contribution >= 0.6 is 11.3 Å². The zero-order valence-corrected chi connectivity index (χ0v) is 21.7. The maximum atomic E-state index is 13.3. The van der Waals surface area contributed by atoms with Crippen molar-refractivity contribution >= 4 is 38.5 Å². The molecular weight excluding hydrogens is 526 g/mol. The van der Waals surface area contributed by atoms with E-state index in [-0.39, 0.29) is 27.6 Å². The van der Waals surface area contributed by atoms with Gasteiger partial charge in [0.1, 0.15) is 10.4 Å². The molecule has 2 aliphatic rings. The second-order valence-electron chi connectivity index (χ2n) is 9.41. The van der Waals surface area contributed by atoms with Crippen molar-refractivity contribution in [3.8, 4) is 16.9 Å². The van der Waals surface area contributed by atoms with Crippen molar-refractivity contribution < 1.29 is 22.0 Å². The number of piperazine rings is 1. The standard InChI is InChI=1S/C22H24F2N8O3S2/c1-13(2)21(33)31-7-5-30(6-8-31)15-9-14(37(34,35)29-22(12-25)3-4-22)11-32-16(15)10-26-18(32)20-28-27-19(36-20)17(23)24/h9-11,13,17,29H,3-8H2,1-2H3. The molecule has 0 bridgehead atoms. The molecule has 1 saturated carbocycles. The monoisotopic (exact) mass is 550 g/mol. The zero-order valence-electron chi connectivity index (χ0n) is 20.1. The number of carbonyl (C=O) groups excluding carboxylic acids is 1. The molecule has 15 heteroatoms. The Morgan fingerprint density at radius 3 is 2.49 bits per heavy atom. The van der Waals surface area contributed by atoms with Crippen molar-refractivity contribution in [2.75, 3.05) is 31.1 Å². The summed E-state index contributed by atoms with van der Waals surface area (Å²) in [5, 5.41) is 16.4. The van der Waals surface area contributed by atoms with Gasteiger partial charge in [-0.2, -0.15) is 9.98 Å². The predicted octanol–water partition coefficient (Wildman–Crippen LogP) is 2.43. The fourth-order valence-corrected chi connectivity index (χ4v) is 6.32. The number of amides is 1. The number of imidazole rings is 1. The van der Waals surface area contributed by atoms with E-state index < -0.39 is 27.0 Å². The van der Waals surface area contributed by atoms with E-state index in [0.717, 1.165) is 0 Å². The molecule has 37 heavy (non-hydrogen) atoms. The molecule has 3 aromatic rings. The molecule has 1 N–H and O–H groups in total. The molecular formula is C22H24F2N8O3S2. The van der Waals surface area contributed by atoms with Crippen LogP contribution in [0, 0.1) is 17.2 Å². The number of nitriles is 1. The molecule has 0 spiro atoms. The van der Waals surface area contributed by atoms with E-state index >= 15 is 0 Å². The number of halogens is 2. The van der Waals surface area contributed by atoms with Crippen molar-refractivity contribution in [2.24, 2.45) is 5.92 Å². The first kappa shape index (κ1) is 25.4. The molecule has 1 aliphatic carbocycles. The lowest BCUT2D eigenvalue weighted by molar-refractivity contribution is -0.134. The van der Waals surface area contributed by atoms with Gasteiger partial charge in [-0.15, -0.1) is 10.2 Å². The highest BCUT2D eigenvalue weighted by Gasteiger charge is 2.47. The molecule has 0 unspecified atom stereocenters. The van der Waals surface area contributed by atoms with E-state index in [0.29, 0.717) is 61.6 Å². The van der Waals surface area contributed by atoms with Gasteiger partial charge in [0.25, 0.3) is 6.43 Å². The van der Waals surface area contributed by atoms with Gasteiger partial charge in [0.15, 0.2) is 15.8 Å². The summed E-state index contributed by atoms with van der Waals surface area (Å²) in [6.07, 6.45) is 0.918. The number of alkyl halides is 2. The van der Waals surface area contributed by atoms with Crippen LogP contribution < -0.4 is 9.62 Å². The third kappa shape index (κ3) is 4.76. The van der Waals surface area contributed by atoms with Gasteiger partial charge >= 0.3 is 0 Å². The van der Waals surface area contributed by atoms with Gasteiger partial charge in [-0.1, -0.05) is 25.2 Å². The van der Waals surface area contributed by atoms with E-state index in [1.807, 2.05) is 24.8 Å². The summed E-state index contributed by atoms with van der Waals surface area (Å²) >= 11 is 0.677. The number of hydrogen-bond donors (Lipinski definition) is 1. The van der Waals surface area contributed by atoms with Crippen molar-refractivity contribution in [3.63, 3.8) is 0 Å². The number of anilines is 1. The minimum Gasteiger partial charge on any atom is -0.366 e. The van der Waals surface area contributed by atoms with Gasteiger partial charge in [0, 0.05) is 38.3 Å². The van der Waals surface area contributed by atoms with Crippen LogP contribution in [0.4, 0.5) is 14.5 Å². The van der Waals surface area contributed by atoms with Crippen molar-refractivity contribution in [1.82, 2.24) is 29.2 Å². The molecule has 0 aromatic carbocycles. The van der Waals surface area contributed by atoms with Gasteiger partial charge in [-0.05, 0) is 18.9 Å². The summed E-state index contributed by atoms with van der Waals surface area (Å²) in [4.78, 5) is 20.4. The van der Waals surface area contributed by atoms with E-state index in [1.165, 1.54) is 22.9 Å². The quantitative estimate of drug-likeness (QED) is 0.474. The normalized spacial score (nSPS) is 17.5. The van der Waals surface area contributed by atoms with E-state index in [4.69, 9.17) is 0 Å². The van der Waals surface area contributed by atoms with Crippen molar-refractivity contribution in [1.29, 1.82) is 5.26 Å². The molecule has 2 fully saturated rings. The Bertz CT molecular complexity index is 1500. The Balaban J connectivity index is 1.57. The first-order valence-electron chi connectivity index (χ1n) is 11.7. The Hall–Kier alpha value is -3.22. The lowest BCUT2D eigenvalue weighted by Gasteiger charge is -2.37. The van der Waals surface area contributed by atoms with Gasteiger partial charge in [-0.25, -0.2) is 22.2 Å². The Kier molecular flexibility index (Phi) is 6.37. The number of nitrogens with one attached hydrogen (secondary N) is 1. The second-order valence-corrected chi connectivity index (χ2v) is 12.1. The molecule has 1 amide bonds. The van der Waals surface area contributed by atoms with Crippen LogP contribution in [-0.4, -0.2) is 70.5 Å². The van der Waals surface area contributed by atoms with Crippen LogP contribution in [0.3, 0.4) is 0 Å². The maximum Gasteiger partial charge on any atom is 0.291 e. The summed E-state index contributed by atoms with van der Waals surface area (Å²) in [6.45, 7) is 5.53. The Morgan fingerprint density at radius 1 is 1.22 bits per heavy atom. The van der Waals surface area contributed by atoms with Crippen molar-refractivity contribution in [3.05, 3.63) is 23.5 Å². The van der Waals surface area contributed by atoms with E-state index in [9.17, 15) is 27.3 Å². The Morgan fingerprint density at radius 2 is 1.92 bits per heavy atom. The summed E-state index contributed by atoms with van der Waals surface area (Å²) in [5.74, 6) is 0.0946.